The molecule has 110 valence electrons. The largest absolute Gasteiger partial charge is 0.416 e. The summed E-state index contributed by atoms with van der Waals surface area (Å²) in [7, 11) is 0. The van der Waals surface area contributed by atoms with Crippen molar-refractivity contribution in [1.82, 2.24) is 20.2 Å². The third kappa shape index (κ3) is 3.82. The molecule has 8 nitrogen and oxygen atoms in total. The number of aryl methyl sites for hydroxylation is 1. The standard InChI is InChI=1S/C12H13N5O3S/c1-6(4-13)5-21-12-17-16-9(20-12)3-8-7(2)14-11(19)15-10(8)18/h6H,3,5H2,1-2H3,(H2,14,15,18,19). The van der Waals surface area contributed by atoms with E-state index in [0.717, 1.165) is 0 Å². The molecule has 0 fully saturated rings. The molecule has 0 aliphatic heterocycles. The number of hydrogen-bond donors (Lipinski definition) is 2. The van der Waals surface area contributed by atoms with Crippen LogP contribution in [0.1, 0.15) is 24.1 Å². The van der Waals surface area contributed by atoms with Crippen molar-refractivity contribution in [3.63, 3.8) is 0 Å². The number of thioether (sulfide) groups is 1. The molecule has 2 heterocycles. The van der Waals surface area contributed by atoms with Crippen molar-refractivity contribution >= 4 is 11.8 Å². The molecule has 0 amide bonds. The van der Waals surface area contributed by atoms with Gasteiger partial charge in [-0.1, -0.05) is 11.8 Å². The lowest BCUT2D eigenvalue weighted by molar-refractivity contribution is 0.419. The Labute approximate surface area is 123 Å². The Kier molecular flexibility index (Phi) is 4.59. The van der Waals surface area contributed by atoms with Crippen LogP contribution in [0, 0.1) is 24.2 Å². The van der Waals surface area contributed by atoms with Gasteiger partial charge in [-0.05, 0) is 13.8 Å². The molecule has 1 unspecified atom stereocenters. The highest BCUT2D eigenvalue weighted by molar-refractivity contribution is 7.99. The summed E-state index contributed by atoms with van der Waals surface area (Å²) in [6.07, 6.45) is 0.138. The summed E-state index contributed by atoms with van der Waals surface area (Å²) >= 11 is 1.29. The number of aromatic nitrogens is 4. The van der Waals surface area contributed by atoms with E-state index in [0.29, 0.717) is 22.2 Å². The maximum Gasteiger partial charge on any atom is 0.325 e. The molecule has 2 aromatic heterocycles. The predicted molar refractivity (Wildman–Crippen MR) is 75.0 cm³/mol. The van der Waals surface area contributed by atoms with Crippen molar-refractivity contribution in [3.05, 3.63) is 38.0 Å². The van der Waals surface area contributed by atoms with E-state index in [-0.39, 0.29) is 18.2 Å². The van der Waals surface area contributed by atoms with Crippen LogP contribution in [0.2, 0.25) is 0 Å². The van der Waals surface area contributed by atoms with Crippen molar-refractivity contribution in [2.45, 2.75) is 25.5 Å². The highest BCUT2D eigenvalue weighted by Gasteiger charge is 2.13. The van der Waals surface area contributed by atoms with Gasteiger partial charge in [-0.15, -0.1) is 10.2 Å². The Morgan fingerprint density at radius 1 is 1.38 bits per heavy atom. The van der Waals surface area contributed by atoms with Gasteiger partial charge in [-0.3, -0.25) is 9.78 Å². The van der Waals surface area contributed by atoms with Gasteiger partial charge in [0.05, 0.1) is 18.4 Å². The average Bonchev–Trinajstić information content (AvgIpc) is 2.88. The predicted octanol–water partition coefficient (Wildman–Crippen LogP) is 0.597. The average molecular weight is 307 g/mol. The van der Waals surface area contributed by atoms with Crippen molar-refractivity contribution in [1.29, 1.82) is 5.26 Å². The maximum absolute atomic E-state index is 11.7. The molecule has 2 rings (SSSR count). The quantitative estimate of drug-likeness (QED) is 0.774. The van der Waals surface area contributed by atoms with Gasteiger partial charge in [-0.25, -0.2) is 4.79 Å². The molecule has 2 N–H and O–H groups in total. The van der Waals surface area contributed by atoms with E-state index in [4.69, 9.17) is 9.68 Å². The second-order valence-corrected chi connectivity index (χ2v) is 5.46. The third-order valence-corrected chi connectivity index (χ3v) is 3.79. The summed E-state index contributed by atoms with van der Waals surface area (Å²) in [5.41, 5.74) is -0.176. The van der Waals surface area contributed by atoms with E-state index in [9.17, 15) is 9.59 Å². The minimum atomic E-state index is -0.548. The summed E-state index contributed by atoms with van der Waals surface area (Å²) in [5, 5.41) is 16.8. The molecule has 0 aliphatic carbocycles. The van der Waals surface area contributed by atoms with Crippen LogP contribution >= 0.6 is 11.8 Å². The van der Waals surface area contributed by atoms with Crippen LogP contribution in [0.4, 0.5) is 0 Å². The van der Waals surface area contributed by atoms with E-state index < -0.39 is 11.2 Å². The van der Waals surface area contributed by atoms with Crippen LogP contribution in [0.25, 0.3) is 0 Å². The Morgan fingerprint density at radius 3 is 2.81 bits per heavy atom. The molecular weight excluding hydrogens is 294 g/mol. The number of nitrogens with zero attached hydrogens (tertiary/aromatic N) is 3. The van der Waals surface area contributed by atoms with Gasteiger partial charge in [-0.2, -0.15) is 5.26 Å². The smallest absolute Gasteiger partial charge is 0.325 e. The lowest BCUT2D eigenvalue weighted by Crippen LogP contribution is -2.27. The Hall–Kier alpha value is -2.34. The minimum Gasteiger partial charge on any atom is -0.416 e. The van der Waals surface area contributed by atoms with Crippen LogP contribution < -0.4 is 11.2 Å². The monoisotopic (exact) mass is 307 g/mol. The van der Waals surface area contributed by atoms with Crippen LogP contribution in [-0.4, -0.2) is 25.9 Å². The van der Waals surface area contributed by atoms with Crippen molar-refractivity contribution in [3.8, 4) is 6.07 Å². The summed E-state index contributed by atoms with van der Waals surface area (Å²) in [5.74, 6) is 0.716. The molecule has 0 bridgehead atoms. The van der Waals surface area contributed by atoms with E-state index in [2.05, 4.69) is 26.2 Å². The normalized spacial score (nSPS) is 12.0. The zero-order chi connectivity index (χ0) is 15.4. The number of aromatic amines is 2. The number of rotatable bonds is 5. The molecule has 0 saturated carbocycles. The molecule has 0 saturated heterocycles. The van der Waals surface area contributed by atoms with E-state index >= 15 is 0 Å². The van der Waals surface area contributed by atoms with Crippen molar-refractivity contribution in [2.24, 2.45) is 5.92 Å². The number of nitrogens with one attached hydrogen (secondary N) is 2. The molecule has 9 heteroatoms. The van der Waals surface area contributed by atoms with Gasteiger partial charge in [0.2, 0.25) is 5.89 Å². The molecule has 0 spiro atoms. The number of nitriles is 1. The van der Waals surface area contributed by atoms with E-state index in [1.165, 1.54) is 11.8 Å². The lowest BCUT2D eigenvalue weighted by atomic mass is 10.2. The fraction of sp³-hybridized carbons (Fsp3) is 0.417. The SMILES string of the molecule is Cc1[nH]c(=O)[nH]c(=O)c1Cc1nnc(SCC(C)C#N)o1. The maximum atomic E-state index is 11.7. The second-order valence-electron chi connectivity index (χ2n) is 4.49. The second kappa shape index (κ2) is 6.41. The number of H-pyrrole nitrogens is 2. The van der Waals surface area contributed by atoms with Gasteiger partial charge in [0, 0.05) is 17.0 Å². The zero-order valence-corrected chi connectivity index (χ0v) is 12.3. The summed E-state index contributed by atoms with van der Waals surface area (Å²) in [6, 6.07) is 2.11. The third-order valence-electron chi connectivity index (χ3n) is 2.71. The Bertz CT molecular complexity index is 785. The van der Waals surface area contributed by atoms with Gasteiger partial charge in [0.1, 0.15) is 0 Å². The van der Waals surface area contributed by atoms with Crippen LogP contribution in [0.5, 0.6) is 0 Å². The van der Waals surface area contributed by atoms with Crippen molar-refractivity contribution < 1.29 is 4.42 Å². The van der Waals surface area contributed by atoms with Gasteiger partial charge in [0.15, 0.2) is 0 Å². The minimum absolute atomic E-state index is 0.116. The van der Waals surface area contributed by atoms with E-state index in [1.54, 1.807) is 13.8 Å². The van der Waals surface area contributed by atoms with Gasteiger partial charge < -0.3 is 9.40 Å². The summed E-state index contributed by atoms with van der Waals surface area (Å²) in [6.45, 7) is 3.43. The molecule has 1 atom stereocenters. The first kappa shape index (κ1) is 15.1. The summed E-state index contributed by atoms with van der Waals surface area (Å²) in [4.78, 5) is 27.5. The zero-order valence-electron chi connectivity index (χ0n) is 11.5. The topological polar surface area (TPSA) is 128 Å². The Morgan fingerprint density at radius 2 is 2.14 bits per heavy atom. The first-order valence-corrected chi connectivity index (χ1v) is 7.15. The highest BCUT2D eigenvalue weighted by Crippen LogP contribution is 2.19. The molecule has 0 aromatic carbocycles. The highest BCUT2D eigenvalue weighted by atomic mass is 32.2. The summed E-state index contributed by atoms with van der Waals surface area (Å²) < 4.78 is 5.41. The molecule has 0 aliphatic rings. The molecule has 2 aromatic rings. The van der Waals surface area contributed by atoms with E-state index in [1.807, 2.05) is 0 Å². The molecule has 0 radical (unpaired) electrons. The van der Waals surface area contributed by atoms with Crippen LogP contribution in [-0.2, 0) is 6.42 Å². The lowest BCUT2D eigenvalue weighted by Gasteiger charge is -2.00. The Balaban J connectivity index is 2.12. The van der Waals surface area contributed by atoms with Crippen LogP contribution in [0.15, 0.2) is 19.2 Å². The molecular formula is C12H13N5O3S. The first-order chi connectivity index (χ1) is 9.99. The van der Waals surface area contributed by atoms with Crippen molar-refractivity contribution in [2.75, 3.05) is 5.75 Å². The fourth-order valence-electron chi connectivity index (χ4n) is 1.59. The van der Waals surface area contributed by atoms with Gasteiger partial charge >= 0.3 is 5.69 Å². The fourth-order valence-corrected chi connectivity index (χ4v) is 2.31. The first-order valence-electron chi connectivity index (χ1n) is 6.16. The van der Waals surface area contributed by atoms with Gasteiger partial charge in [0.25, 0.3) is 10.8 Å². The van der Waals surface area contributed by atoms with Crippen LogP contribution in [0.3, 0.4) is 0 Å². The molecule has 21 heavy (non-hydrogen) atoms. The number of hydrogen-bond acceptors (Lipinski definition) is 7.